The Labute approximate surface area is 95.2 Å². The van der Waals surface area contributed by atoms with E-state index in [1.807, 2.05) is 19.1 Å². The minimum absolute atomic E-state index is 0.131. The minimum Gasteiger partial charge on any atom is -0.399 e. The molecule has 4 heteroatoms. The van der Waals surface area contributed by atoms with Crippen molar-refractivity contribution < 1.29 is 4.79 Å². The second-order valence-corrected chi connectivity index (χ2v) is 4.30. The number of urea groups is 1. The molecule has 0 atom stereocenters. The monoisotopic (exact) mass is 219 g/mol. The van der Waals surface area contributed by atoms with E-state index in [1.165, 1.54) is 6.42 Å². The van der Waals surface area contributed by atoms with Crippen LogP contribution in [0.4, 0.5) is 16.2 Å². The number of carbonyl (C=O) groups is 1. The van der Waals surface area contributed by atoms with Gasteiger partial charge < -0.3 is 16.4 Å². The lowest BCUT2D eigenvalue weighted by Crippen LogP contribution is -2.41. The summed E-state index contributed by atoms with van der Waals surface area (Å²) < 4.78 is 0. The standard InChI is InChI=1S/C12H17N3O/c1-8-7-10(5-6-11(8)13)15-12(16)14-9-3-2-4-9/h5-7,9H,2-4,13H2,1H3,(H2,14,15,16). The summed E-state index contributed by atoms with van der Waals surface area (Å²) in [7, 11) is 0. The summed E-state index contributed by atoms with van der Waals surface area (Å²) in [6.07, 6.45) is 3.40. The molecule has 0 bridgehead atoms. The predicted molar refractivity (Wildman–Crippen MR) is 65.4 cm³/mol. The summed E-state index contributed by atoms with van der Waals surface area (Å²) >= 11 is 0. The molecule has 1 aromatic rings. The molecule has 1 fully saturated rings. The summed E-state index contributed by atoms with van der Waals surface area (Å²) in [5, 5.41) is 5.72. The smallest absolute Gasteiger partial charge is 0.319 e. The van der Waals surface area contributed by atoms with Gasteiger partial charge in [0.2, 0.25) is 0 Å². The van der Waals surface area contributed by atoms with E-state index in [-0.39, 0.29) is 6.03 Å². The quantitative estimate of drug-likeness (QED) is 0.668. The van der Waals surface area contributed by atoms with Gasteiger partial charge in [0.25, 0.3) is 0 Å². The molecule has 0 spiro atoms. The van der Waals surface area contributed by atoms with Crippen molar-refractivity contribution in [2.75, 3.05) is 11.1 Å². The second-order valence-electron chi connectivity index (χ2n) is 4.30. The molecule has 4 nitrogen and oxygen atoms in total. The molecule has 1 saturated carbocycles. The van der Waals surface area contributed by atoms with Gasteiger partial charge in [-0.05, 0) is 49.9 Å². The van der Waals surface area contributed by atoms with E-state index in [2.05, 4.69) is 10.6 Å². The number of nitrogens with two attached hydrogens (primary N) is 1. The van der Waals surface area contributed by atoms with Crippen LogP contribution in [0.3, 0.4) is 0 Å². The van der Waals surface area contributed by atoms with Crippen LogP contribution in [-0.4, -0.2) is 12.1 Å². The maximum absolute atomic E-state index is 11.6. The fourth-order valence-corrected chi connectivity index (χ4v) is 1.66. The summed E-state index contributed by atoms with van der Waals surface area (Å²) in [4.78, 5) is 11.6. The van der Waals surface area contributed by atoms with Crippen LogP contribution in [0.25, 0.3) is 0 Å². The van der Waals surface area contributed by atoms with Gasteiger partial charge in [0.15, 0.2) is 0 Å². The first kappa shape index (κ1) is 10.8. The van der Waals surface area contributed by atoms with Gasteiger partial charge in [-0.25, -0.2) is 4.79 Å². The SMILES string of the molecule is Cc1cc(NC(=O)NC2CCC2)ccc1N. The molecule has 0 heterocycles. The number of nitrogens with one attached hydrogen (secondary N) is 2. The van der Waals surface area contributed by atoms with Gasteiger partial charge >= 0.3 is 6.03 Å². The van der Waals surface area contributed by atoms with Gasteiger partial charge in [0.1, 0.15) is 0 Å². The molecular formula is C12H17N3O. The van der Waals surface area contributed by atoms with Crippen molar-refractivity contribution in [1.82, 2.24) is 5.32 Å². The van der Waals surface area contributed by atoms with Gasteiger partial charge in [0.05, 0.1) is 0 Å². The van der Waals surface area contributed by atoms with E-state index in [4.69, 9.17) is 5.73 Å². The van der Waals surface area contributed by atoms with E-state index in [1.54, 1.807) is 6.07 Å². The van der Waals surface area contributed by atoms with Gasteiger partial charge in [-0.2, -0.15) is 0 Å². The molecule has 0 radical (unpaired) electrons. The number of hydrogen-bond donors (Lipinski definition) is 3. The van der Waals surface area contributed by atoms with E-state index in [0.717, 1.165) is 29.8 Å². The zero-order chi connectivity index (χ0) is 11.5. The molecule has 86 valence electrons. The van der Waals surface area contributed by atoms with Crippen molar-refractivity contribution in [3.63, 3.8) is 0 Å². The van der Waals surface area contributed by atoms with Crippen molar-refractivity contribution in [2.45, 2.75) is 32.2 Å². The van der Waals surface area contributed by atoms with E-state index >= 15 is 0 Å². The first-order valence-corrected chi connectivity index (χ1v) is 5.59. The third kappa shape index (κ3) is 2.45. The number of benzene rings is 1. The summed E-state index contributed by atoms with van der Waals surface area (Å²) in [5.41, 5.74) is 8.20. The Hall–Kier alpha value is -1.71. The van der Waals surface area contributed by atoms with Gasteiger partial charge in [-0.1, -0.05) is 0 Å². The molecule has 2 amide bonds. The molecule has 2 rings (SSSR count). The molecular weight excluding hydrogens is 202 g/mol. The maximum atomic E-state index is 11.6. The Morgan fingerprint density at radius 3 is 2.75 bits per heavy atom. The van der Waals surface area contributed by atoms with E-state index < -0.39 is 0 Å². The topological polar surface area (TPSA) is 67.2 Å². The summed E-state index contributed by atoms with van der Waals surface area (Å²) in [5.74, 6) is 0. The first-order chi connectivity index (χ1) is 7.65. The third-order valence-electron chi connectivity index (χ3n) is 2.97. The van der Waals surface area contributed by atoms with Crippen LogP contribution in [0.2, 0.25) is 0 Å². The summed E-state index contributed by atoms with van der Waals surface area (Å²) in [6.45, 7) is 1.92. The van der Waals surface area contributed by atoms with Crippen molar-refractivity contribution in [2.24, 2.45) is 0 Å². The minimum atomic E-state index is -0.131. The van der Waals surface area contributed by atoms with Crippen molar-refractivity contribution in [3.8, 4) is 0 Å². The van der Waals surface area contributed by atoms with Crippen LogP contribution in [0.15, 0.2) is 18.2 Å². The van der Waals surface area contributed by atoms with Crippen LogP contribution in [-0.2, 0) is 0 Å². The Morgan fingerprint density at radius 2 is 2.19 bits per heavy atom. The average molecular weight is 219 g/mol. The highest BCUT2D eigenvalue weighted by molar-refractivity contribution is 5.89. The molecule has 4 N–H and O–H groups in total. The Balaban J connectivity index is 1.92. The normalized spacial score (nSPS) is 15.3. The largest absolute Gasteiger partial charge is 0.399 e. The summed E-state index contributed by atoms with van der Waals surface area (Å²) in [6, 6.07) is 5.70. The first-order valence-electron chi connectivity index (χ1n) is 5.59. The lowest BCUT2D eigenvalue weighted by Gasteiger charge is -2.26. The van der Waals surface area contributed by atoms with Crippen LogP contribution in [0.5, 0.6) is 0 Å². The predicted octanol–water partition coefficient (Wildman–Crippen LogP) is 2.25. The number of nitrogen functional groups attached to an aromatic ring is 1. The van der Waals surface area contributed by atoms with Crippen LogP contribution in [0.1, 0.15) is 24.8 Å². The Bertz CT molecular complexity index is 399. The molecule has 1 aliphatic carbocycles. The van der Waals surface area contributed by atoms with Gasteiger partial charge in [-0.3, -0.25) is 0 Å². The zero-order valence-electron chi connectivity index (χ0n) is 9.42. The van der Waals surface area contributed by atoms with Crippen LogP contribution >= 0.6 is 0 Å². The number of amides is 2. The molecule has 1 aliphatic rings. The highest BCUT2D eigenvalue weighted by atomic mass is 16.2. The van der Waals surface area contributed by atoms with Crippen LogP contribution < -0.4 is 16.4 Å². The molecule has 0 aromatic heterocycles. The number of carbonyl (C=O) groups excluding carboxylic acids is 1. The van der Waals surface area contributed by atoms with Crippen molar-refractivity contribution in [1.29, 1.82) is 0 Å². The maximum Gasteiger partial charge on any atom is 0.319 e. The van der Waals surface area contributed by atoms with Gasteiger partial charge in [0, 0.05) is 17.4 Å². The highest BCUT2D eigenvalue weighted by Gasteiger charge is 2.19. The molecule has 16 heavy (non-hydrogen) atoms. The molecule has 0 saturated heterocycles. The second kappa shape index (κ2) is 4.43. The molecule has 1 aromatic carbocycles. The van der Waals surface area contributed by atoms with Crippen LogP contribution in [0, 0.1) is 6.92 Å². The third-order valence-corrected chi connectivity index (χ3v) is 2.97. The fourth-order valence-electron chi connectivity index (χ4n) is 1.66. The van der Waals surface area contributed by atoms with Gasteiger partial charge in [-0.15, -0.1) is 0 Å². The molecule has 0 unspecified atom stereocenters. The lowest BCUT2D eigenvalue weighted by atomic mass is 9.93. The van der Waals surface area contributed by atoms with Crippen molar-refractivity contribution >= 4 is 17.4 Å². The number of hydrogen-bond acceptors (Lipinski definition) is 2. The molecule has 0 aliphatic heterocycles. The van der Waals surface area contributed by atoms with E-state index in [9.17, 15) is 4.79 Å². The number of anilines is 2. The van der Waals surface area contributed by atoms with Crippen molar-refractivity contribution in [3.05, 3.63) is 23.8 Å². The lowest BCUT2D eigenvalue weighted by molar-refractivity contribution is 0.240. The number of rotatable bonds is 2. The number of aryl methyl sites for hydroxylation is 1. The average Bonchev–Trinajstić information content (AvgIpc) is 2.18. The highest BCUT2D eigenvalue weighted by Crippen LogP contribution is 2.19. The Morgan fingerprint density at radius 1 is 1.44 bits per heavy atom. The fraction of sp³-hybridized carbons (Fsp3) is 0.417. The van der Waals surface area contributed by atoms with E-state index in [0.29, 0.717) is 6.04 Å². The zero-order valence-corrected chi connectivity index (χ0v) is 9.42. The Kier molecular flexibility index (Phi) is 2.99.